The van der Waals surface area contributed by atoms with Crippen molar-refractivity contribution in [2.24, 2.45) is 4.99 Å². The summed E-state index contributed by atoms with van der Waals surface area (Å²) in [6.07, 6.45) is 1.62. The molecule has 0 heterocycles. The third-order valence-corrected chi connectivity index (χ3v) is 3.94. The zero-order chi connectivity index (χ0) is 20.1. The molecule has 0 radical (unpaired) electrons. The first-order chi connectivity index (χ1) is 13.4. The van der Waals surface area contributed by atoms with Crippen LogP contribution in [0, 0.1) is 20.2 Å². The summed E-state index contributed by atoms with van der Waals surface area (Å²) in [7, 11) is 0. The Morgan fingerprint density at radius 2 is 1.61 bits per heavy atom. The highest BCUT2D eigenvalue weighted by Gasteiger charge is 2.21. The first-order valence-corrected chi connectivity index (χ1v) is 8.31. The lowest BCUT2D eigenvalue weighted by atomic mass is 10.2. The fraction of sp³-hybridized carbons (Fsp3) is 0. The van der Waals surface area contributed by atoms with Gasteiger partial charge in [-0.1, -0.05) is 29.8 Å². The van der Waals surface area contributed by atoms with Crippen molar-refractivity contribution in [1.82, 2.24) is 0 Å². The average molecular weight is 398 g/mol. The zero-order valence-electron chi connectivity index (χ0n) is 14.2. The predicted octanol–water partition coefficient (Wildman–Crippen LogP) is 5.70. The van der Waals surface area contributed by atoms with Gasteiger partial charge in [0.15, 0.2) is 0 Å². The average Bonchev–Trinajstić information content (AvgIpc) is 2.69. The molecule has 3 aromatic carbocycles. The lowest BCUT2D eigenvalue weighted by molar-refractivity contribution is -0.394. The van der Waals surface area contributed by atoms with E-state index < -0.39 is 21.2 Å². The van der Waals surface area contributed by atoms with E-state index in [0.29, 0.717) is 5.56 Å². The van der Waals surface area contributed by atoms with Gasteiger partial charge in [-0.15, -0.1) is 0 Å². The molecule has 28 heavy (non-hydrogen) atoms. The molecule has 9 heteroatoms. The molecule has 0 unspecified atom stereocenters. The molecular formula is C19H12ClN3O5. The highest BCUT2D eigenvalue weighted by molar-refractivity contribution is 6.32. The van der Waals surface area contributed by atoms with Gasteiger partial charge in [0.1, 0.15) is 5.75 Å². The molecular weight excluding hydrogens is 386 g/mol. The van der Waals surface area contributed by atoms with E-state index in [9.17, 15) is 20.2 Å². The molecule has 0 bridgehead atoms. The molecule has 0 saturated heterocycles. The van der Waals surface area contributed by atoms with Gasteiger partial charge in [-0.3, -0.25) is 25.2 Å². The molecule has 0 spiro atoms. The highest BCUT2D eigenvalue weighted by atomic mass is 35.5. The van der Waals surface area contributed by atoms with E-state index in [0.717, 1.165) is 23.9 Å². The van der Waals surface area contributed by atoms with Crippen LogP contribution in [0.2, 0.25) is 5.02 Å². The van der Waals surface area contributed by atoms with Gasteiger partial charge in [0.2, 0.25) is 5.75 Å². The number of hydrogen-bond acceptors (Lipinski definition) is 6. The second-order valence-corrected chi connectivity index (χ2v) is 5.96. The summed E-state index contributed by atoms with van der Waals surface area (Å²) in [4.78, 5) is 24.9. The lowest BCUT2D eigenvalue weighted by Crippen LogP contribution is -1.96. The van der Waals surface area contributed by atoms with Crippen LogP contribution in [0.1, 0.15) is 5.56 Å². The van der Waals surface area contributed by atoms with Gasteiger partial charge in [-0.2, -0.15) is 0 Å². The quantitative estimate of drug-likeness (QED) is 0.301. The number of aliphatic imine (C=N–C) groups is 1. The van der Waals surface area contributed by atoms with Gasteiger partial charge in [0.05, 0.1) is 26.6 Å². The zero-order valence-corrected chi connectivity index (χ0v) is 14.9. The smallest absolute Gasteiger partial charge is 0.318 e. The van der Waals surface area contributed by atoms with Crippen molar-refractivity contribution in [3.8, 4) is 11.5 Å². The molecule has 8 nitrogen and oxygen atoms in total. The van der Waals surface area contributed by atoms with E-state index in [1.165, 1.54) is 0 Å². The minimum Gasteiger partial charge on any atom is -0.449 e. The van der Waals surface area contributed by atoms with Gasteiger partial charge in [-0.25, -0.2) is 0 Å². The summed E-state index contributed by atoms with van der Waals surface area (Å²) >= 11 is 6.21. The number of ether oxygens (including phenoxy) is 1. The minimum absolute atomic E-state index is 0.150. The molecule has 3 aromatic rings. The summed E-state index contributed by atoms with van der Waals surface area (Å²) in [5.41, 5.74) is 0.553. The third-order valence-electron chi connectivity index (χ3n) is 3.64. The van der Waals surface area contributed by atoms with E-state index in [4.69, 9.17) is 16.3 Å². The molecule has 0 aromatic heterocycles. The maximum Gasteiger partial charge on any atom is 0.318 e. The fourth-order valence-electron chi connectivity index (χ4n) is 2.31. The summed E-state index contributed by atoms with van der Waals surface area (Å²) in [6, 6.07) is 17.3. The van der Waals surface area contributed by atoms with Gasteiger partial charge < -0.3 is 4.74 Å². The van der Waals surface area contributed by atoms with E-state index in [1.807, 2.05) is 30.3 Å². The Labute approximate surface area is 164 Å². The topological polar surface area (TPSA) is 108 Å². The molecule has 140 valence electrons. The number of nitro groups is 2. The Bertz CT molecular complexity index is 1070. The molecule has 0 fully saturated rings. The number of hydrogen-bond donors (Lipinski definition) is 0. The van der Waals surface area contributed by atoms with Crippen LogP contribution < -0.4 is 4.74 Å². The van der Waals surface area contributed by atoms with Crippen LogP contribution in [-0.4, -0.2) is 16.1 Å². The summed E-state index contributed by atoms with van der Waals surface area (Å²) in [6.45, 7) is 0. The van der Waals surface area contributed by atoms with E-state index >= 15 is 0 Å². The number of para-hydroxylation sites is 1. The fourth-order valence-corrected chi connectivity index (χ4v) is 2.54. The Kier molecular flexibility index (Phi) is 5.61. The second kappa shape index (κ2) is 8.28. The second-order valence-electron chi connectivity index (χ2n) is 5.55. The molecule has 0 N–H and O–H groups in total. The molecule has 3 rings (SSSR count). The highest BCUT2D eigenvalue weighted by Crippen LogP contribution is 2.37. The van der Waals surface area contributed by atoms with Gasteiger partial charge >= 0.3 is 5.69 Å². The van der Waals surface area contributed by atoms with Crippen molar-refractivity contribution < 1.29 is 14.6 Å². The van der Waals surface area contributed by atoms with E-state index in [1.54, 1.807) is 24.4 Å². The Morgan fingerprint density at radius 1 is 0.893 bits per heavy atom. The van der Waals surface area contributed by atoms with Crippen molar-refractivity contribution in [2.45, 2.75) is 0 Å². The Balaban J connectivity index is 1.85. The third kappa shape index (κ3) is 4.49. The molecule has 0 atom stereocenters. The van der Waals surface area contributed by atoms with Crippen LogP contribution >= 0.6 is 11.6 Å². The van der Waals surface area contributed by atoms with Crippen molar-refractivity contribution >= 4 is 34.9 Å². The Hall–Kier alpha value is -3.78. The van der Waals surface area contributed by atoms with Crippen molar-refractivity contribution in [1.29, 1.82) is 0 Å². The maximum atomic E-state index is 11.2. The summed E-state index contributed by atoms with van der Waals surface area (Å²) in [5.74, 6) is 0.0266. The molecule has 0 amide bonds. The van der Waals surface area contributed by atoms with Crippen LogP contribution in [-0.2, 0) is 0 Å². The van der Waals surface area contributed by atoms with Gasteiger partial charge in [0.25, 0.3) is 5.69 Å². The van der Waals surface area contributed by atoms with E-state index in [-0.39, 0.29) is 16.5 Å². The van der Waals surface area contributed by atoms with Gasteiger partial charge in [0, 0.05) is 12.3 Å². The van der Waals surface area contributed by atoms with Crippen molar-refractivity contribution in [2.75, 3.05) is 0 Å². The molecule has 0 aliphatic heterocycles. The first kappa shape index (κ1) is 19.0. The van der Waals surface area contributed by atoms with Crippen LogP contribution in [0.4, 0.5) is 17.1 Å². The number of nitrogens with zero attached hydrogens (tertiary/aromatic N) is 3. The van der Waals surface area contributed by atoms with Crippen LogP contribution in [0.15, 0.2) is 71.7 Å². The van der Waals surface area contributed by atoms with Crippen molar-refractivity contribution in [3.63, 3.8) is 0 Å². The number of rotatable bonds is 6. The van der Waals surface area contributed by atoms with Gasteiger partial charge in [-0.05, 0) is 42.0 Å². The van der Waals surface area contributed by atoms with E-state index in [2.05, 4.69) is 4.99 Å². The number of non-ortho nitro benzene ring substituents is 1. The summed E-state index contributed by atoms with van der Waals surface area (Å²) in [5, 5.41) is 22.2. The summed E-state index contributed by atoms with van der Waals surface area (Å²) < 4.78 is 5.51. The monoisotopic (exact) mass is 397 g/mol. The largest absolute Gasteiger partial charge is 0.449 e. The number of nitro benzene ring substituents is 2. The van der Waals surface area contributed by atoms with Crippen LogP contribution in [0.25, 0.3) is 0 Å². The number of halogens is 1. The molecule has 0 aliphatic carbocycles. The van der Waals surface area contributed by atoms with Crippen molar-refractivity contribution in [3.05, 3.63) is 97.5 Å². The SMILES string of the molecule is O=[N+]([O-])c1ccc(Oc2ccc(C=Nc3ccccc3)cc2Cl)c([N+](=O)[O-])c1. The number of benzene rings is 3. The maximum absolute atomic E-state index is 11.2. The molecule has 0 aliphatic rings. The first-order valence-electron chi connectivity index (χ1n) is 7.93. The Morgan fingerprint density at radius 3 is 2.25 bits per heavy atom. The normalized spacial score (nSPS) is 10.8. The lowest BCUT2D eigenvalue weighted by Gasteiger charge is -2.08. The standard InChI is InChI=1S/C19H12ClN3O5/c20-16-10-13(12-21-14-4-2-1-3-5-14)6-8-18(16)28-19-9-7-15(22(24)25)11-17(19)23(26)27/h1-12H. The van der Waals surface area contributed by atoms with Crippen LogP contribution in [0.3, 0.4) is 0 Å². The molecule has 0 saturated carbocycles. The minimum atomic E-state index is -0.753. The van der Waals surface area contributed by atoms with Crippen LogP contribution in [0.5, 0.6) is 11.5 Å². The predicted molar refractivity (Wildman–Crippen MR) is 105 cm³/mol.